The molecular weight excluding hydrogens is 394 g/mol. The highest BCUT2D eigenvalue weighted by atomic mass is 32.1. The number of carbonyl (C=O) groups excluding carboxylic acids is 1. The Morgan fingerprint density at radius 2 is 1.97 bits per heavy atom. The van der Waals surface area contributed by atoms with Gasteiger partial charge in [-0.3, -0.25) is 10.1 Å². The number of hydrogen-bond acceptors (Lipinski definition) is 4. The quantitative estimate of drug-likeness (QED) is 0.491. The lowest BCUT2D eigenvalue weighted by atomic mass is 10.1. The molecule has 0 spiro atoms. The summed E-state index contributed by atoms with van der Waals surface area (Å²) in [6.07, 6.45) is 4.48. The minimum atomic E-state index is -0.657. The second-order valence-electron chi connectivity index (χ2n) is 6.76. The van der Waals surface area contributed by atoms with Crippen LogP contribution >= 0.6 is 11.3 Å². The van der Waals surface area contributed by atoms with Gasteiger partial charge in [0.05, 0.1) is 6.61 Å². The molecule has 0 aliphatic heterocycles. The molecule has 1 aromatic heterocycles. The number of nitrogens with zero attached hydrogens (tertiary/aromatic N) is 1. The molecule has 3 aromatic rings. The molecule has 7 heteroatoms. The Kier molecular flexibility index (Phi) is 6.72. The fourth-order valence-corrected chi connectivity index (χ4v) is 3.02. The van der Waals surface area contributed by atoms with E-state index < -0.39 is 11.6 Å². The number of thiazole rings is 1. The smallest absolute Gasteiger partial charge is 0.257 e. The van der Waals surface area contributed by atoms with E-state index in [-0.39, 0.29) is 11.5 Å². The first-order valence-corrected chi connectivity index (χ1v) is 9.91. The molecule has 0 fully saturated rings. The fraction of sp³-hybridized carbons (Fsp3) is 0.182. The molecule has 0 radical (unpaired) electrons. The molecule has 0 bridgehead atoms. The minimum Gasteiger partial charge on any atom is -0.493 e. The normalized spacial score (nSPS) is 11.2. The first-order chi connectivity index (χ1) is 13.9. The van der Waals surface area contributed by atoms with Gasteiger partial charge in [0, 0.05) is 22.7 Å². The average molecular weight is 414 g/mol. The van der Waals surface area contributed by atoms with E-state index in [1.807, 2.05) is 13.8 Å². The Balaban J connectivity index is 1.91. The lowest BCUT2D eigenvalue weighted by Gasteiger charge is -2.11. The van der Waals surface area contributed by atoms with Crippen molar-refractivity contribution in [3.8, 4) is 5.75 Å². The van der Waals surface area contributed by atoms with Crippen LogP contribution in [0.1, 0.15) is 35.3 Å². The van der Waals surface area contributed by atoms with Crippen LogP contribution in [0.15, 0.2) is 48.0 Å². The summed E-state index contributed by atoms with van der Waals surface area (Å²) in [6, 6.07) is 8.67. The summed E-state index contributed by atoms with van der Waals surface area (Å²) in [4.78, 5) is 16.6. The van der Waals surface area contributed by atoms with Gasteiger partial charge in [-0.05, 0) is 47.9 Å². The van der Waals surface area contributed by atoms with E-state index in [1.165, 1.54) is 35.6 Å². The summed E-state index contributed by atoms with van der Waals surface area (Å²) in [5.41, 5.74) is 0.795. The lowest BCUT2D eigenvalue weighted by Crippen LogP contribution is -2.12. The molecule has 0 aliphatic carbocycles. The van der Waals surface area contributed by atoms with Gasteiger partial charge in [0.15, 0.2) is 5.13 Å². The maximum atomic E-state index is 13.9. The lowest BCUT2D eigenvalue weighted by molar-refractivity contribution is 0.102. The standard InChI is InChI=1S/C22H20F2N2O2S/c1-14(2)13-28-17-11-15(6-7-18-19(23)4-3-5-20(18)24)10-16(12-17)21(27)26-22-25-8-9-29-22/h3-12,14H,13H2,1-2H3,(H,25,26,27). The van der Waals surface area contributed by atoms with E-state index in [0.29, 0.717) is 34.5 Å². The first kappa shape index (κ1) is 20.7. The summed E-state index contributed by atoms with van der Waals surface area (Å²) in [7, 11) is 0. The molecule has 150 valence electrons. The number of halogens is 2. The van der Waals surface area contributed by atoms with Crippen molar-refractivity contribution < 1.29 is 18.3 Å². The molecule has 1 heterocycles. The maximum Gasteiger partial charge on any atom is 0.257 e. The van der Waals surface area contributed by atoms with Crippen LogP contribution in [0.4, 0.5) is 13.9 Å². The highest BCUT2D eigenvalue weighted by Gasteiger charge is 2.12. The Labute approximate surface area is 171 Å². The average Bonchev–Trinajstić information content (AvgIpc) is 3.19. The second kappa shape index (κ2) is 9.43. The van der Waals surface area contributed by atoms with Crippen molar-refractivity contribution in [3.63, 3.8) is 0 Å². The van der Waals surface area contributed by atoms with E-state index in [1.54, 1.807) is 35.9 Å². The van der Waals surface area contributed by atoms with Crippen molar-refractivity contribution in [2.75, 3.05) is 11.9 Å². The Morgan fingerprint density at radius 1 is 1.21 bits per heavy atom. The van der Waals surface area contributed by atoms with Crippen molar-refractivity contribution >= 4 is 34.5 Å². The van der Waals surface area contributed by atoms with Gasteiger partial charge in [-0.15, -0.1) is 11.3 Å². The fourth-order valence-electron chi connectivity index (χ4n) is 2.50. The van der Waals surface area contributed by atoms with Gasteiger partial charge in [-0.2, -0.15) is 0 Å². The number of anilines is 1. The molecular formula is C22H20F2N2O2S. The van der Waals surface area contributed by atoms with Gasteiger partial charge in [0.25, 0.3) is 5.91 Å². The molecule has 1 N–H and O–H groups in total. The van der Waals surface area contributed by atoms with Crippen molar-refractivity contribution in [2.45, 2.75) is 13.8 Å². The van der Waals surface area contributed by atoms with Crippen molar-refractivity contribution in [1.29, 1.82) is 0 Å². The number of aromatic nitrogens is 1. The highest BCUT2D eigenvalue weighted by Crippen LogP contribution is 2.23. The molecule has 1 amide bonds. The van der Waals surface area contributed by atoms with E-state index in [9.17, 15) is 13.6 Å². The Hall–Kier alpha value is -3.06. The van der Waals surface area contributed by atoms with E-state index in [2.05, 4.69) is 10.3 Å². The third-order valence-electron chi connectivity index (χ3n) is 3.87. The summed E-state index contributed by atoms with van der Waals surface area (Å²) in [6.45, 7) is 4.50. The van der Waals surface area contributed by atoms with Crippen LogP contribution in [0, 0.1) is 17.6 Å². The molecule has 0 unspecified atom stereocenters. The van der Waals surface area contributed by atoms with Crippen molar-refractivity contribution in [1.82, 2.24) is 4.98 Å². The zero-order valence-corrected chi connectivity index (χ0v) is 16.8. The first-order valence-electron chi connectivity index (χ1n) is 9.03. The van der Waals surface area contributed by atoms with Gasteiger partial charge in [0.1, 0.15) is 17.4 Å². The predicted octanol–water partition coefficient (Wildman–Crippen LogP) is 5.88. The van der Waals surface area contributed by atoms with Crippen LogP contribution in [-0.4, -0.2) is 17.5 Å². The number of hydrogen-bond donors (Lipinski definition) is 1. The number of amides is 1. The van der Waals surface area contributed by atoms with E-state index in [4.69, 9.17) is 4.74 Å². The number of benzene rings is 2. The molecule has 0 saturated heterocycles. The molecule has 0 atom stereocenters. The predicted molar refractivity (Wildman–Crippen MR) is 112 cm³/mol. The number of nitrogens with one attached hydrogen (secondary N) is 1. The monoisotopic (exact) mass is 414 g/mol. The Bertz CT molecular complexity index is 997. The minimum absolute atomic E-state index is 0.144. The van der Waals surface area contributed by atoms with Crippen LogP contribution in [0.25, 0.3) is 12.2 Å². The number of ether oxygens (including phenoxy) is 1. The van der Waals surface area contributed by atoms with Gasteiger partial charge in [-0.25, -0.2) is 13.8 Å². The highest BCUT2D eigenvalue weighted by molar-refractivity contribution is 7.13. The molecule has 2 aromatic carbocycles. The largest absolute Gasteiger partial charge is 0.493 e. The molecule has 0 saturated carbocycles. The topological polar surface area (TPSA) is 51.2 Å². The van der Waals surface area contributed by atoms with Gasteiger partial charge < -0.3 is 4.74 Å². The van der Waals surface area contributed by atoms with Crippen LogP contribution in [0.2, 0.25) is 0 Å². The summed E-state index contributed by atoms with van der Waals surface area (Å²) < 4.78 is 33.5. The number of rotatable bonds is 7. The Morgan fingerprint density at radius 3 is 2.62 bits per heavy atom. The third kappa shape index (κ3) is 5.71. The summed E-state index contributed by atoms with van der Waals surface area (Å²) >= 11 is 1.31. The van der Waals surface area contributed by atoms with Gasteiger partial charge in [0.2, 0.25) is 0 Å². The maximum absolute atomic E-state index is 13.9. The van der Waals surface area contributed by atoms with Crippen molar-refractivity contribution in [3.05, 3.63) is 76.3 Å². The van der Waals surface area contributed by atoms with E-state index in [0.717, 1.165) is 0 Å². The number of carbonyl (C=O) groups is 1. The zero-order valence-electron chi connectivity index (χ0n) is 16.0. The second-order valence-corrected chi connectivity index (χ2v) is 7.65. The van der Waals surface area contributed by atoms with Crippen molar-refractivity contribution in [2.24, 2.45) is 5.92 Å². The van der Waals surface area contributed by atoms with Crippen LogP contribution < -0.4 is 10.1 Å². The van der Waals surface area contributed by atoms with Crippen LogP contribution in [0.3, 0.4) is 0 Å². The molecule has 0 aliphatic rings. The van der Waals surface area contributed by atoms with Gasteiger partial charge >= 0.3 is 0 Å². The zero-order chi connectivity index (χ0) is 20.8. The van der Waals surface area contributed by atoms with E-state index >= 15 is 0 Å². The molecule has 3 rings (SSSR count). The SMILES string of the molecule is CC(C)COc1cc(C=Cc2c(F)cccc2F)cc(C(=O)Nc2nccs2)c1. The van der Waals surface area contributed by atoms with Crippen LogP contribution in [0.5, 0.6) is 5.75 Å². The van der Waals surface area contributed by atoms with Gasteiger partial charge in [-0.1, -0.05) is 26.0 Å². The third-order valence-corrected chi connectivity index (χ3v) is 4.56. The molecule has 29 heavy (non-hydrogen) atoms. The molecule has 4 nitrogen and oxygen atoms in total. The summed E-state index contributed by atoms with van der Waals surface area (Å²) in [5, 5.41) is 4.96. The van der Waals surface area contributed by atoms with Crippen LogP contribution in [-0.2, 0) is 0 Å². The summed E-state index contributed by atoms with van der Waals surface area (Å²) in [5.74, 6) is -0.861.